The minimum Gasteiger partial charge on any atom is -0.396 e. The summed E-state index contributed by atoms with van der Waals surface area (Å²) in [5.74, 6) is 0.308. The first kappa shape index (κ1) is 15.9. The van der Waals surface area contributed by atoms with E-state index in [1.807, 2.05) is 0 Å². The number of hydrogen-bond donors (Lipinski definition) is 1. The van der Waals surface area contributed by atoms with Gasteiger partial charge in [0.25, 0.3) is 0 Å². The zero-order chi connectivity index (χ0) is 16.2. The van der Waals surface area contributed by atoms with Crippen molar-refractivity contribution < 1.29 is 14.7 Å². The van der Waals surface area contributed by atoms with E-state index in [2.05, 4.69) is 11.1 Å². The van der Waals surface area contributed by atoms with Gasteiger partial charge in [0, 0.05) is 31.3 Å². The second-order valence-electron chi connectivity index (χ2n) is 6.32. The van der Waals surface area contributed by atoms with Gasteiger partial charge in [-0.05, 0) is 43.2 Å². The molecule has 0 bridgehead atoms. The number of pyridine rings is 1. The molecule has 1 saturated heterocycles. The molecule has 1 aliphatic carbocycles. The highest BCUT2D eigenvalue weighted by molar-refractivity contribution is 5.78. The van der Waals surface area contributed by atoms with Gasteiger partial charge in [0.1, 0.15) is 6.07 Å². The molecule has 0 aromatic carbocycles. The number of aliphatic hydroxyl groups excluding tert-OH is 1. The number of carbonyl (C=O) groups excluding carboxylic acids is 1. The second kappa shape index (κ2) is 7.07. The Morgan fingerprint density at radius 3 is 2.83 bits per heavy atom. The van der Waals surface area contributed by atoms with Crippen LogP contribution in [-0.2, 0) is 9.63 Å². The lowest BCUT2D eigenvalue weighted by Crippen LogP contribution is -2.37. The molecule has 0 spiro atoms. The SMILES string of the molecule is N#Cc1cncc([C@@H]2CCON2C(=O)[C@H]2CC[C@H](CO)CC2)c1. The summed E-state index contributed by atoms with van der Waals surface area (Å²) in [7, 11) is 0. The fourth-order valence-electron chi connectivity index (χ4n) is 3.46. The fourth-order valence-corrected chi connectivity index (χ4v) is 3.46. The van der Waals surface area contributed by atoms with Gasteiger partial charge in [0.15, 0.2) is 0 Å². The molecule has 23 heavy (non-hydrogen) atoms. The van der Waals surface area contributed by atoms with Gasteiger partial charge >= 0.3 is 0 Å². The molecule has 1 amide bonds. The highest BCUT2D eigenvalue weighted by atomic mass is 16.7. The molecule has 0 unspecified atom stereocenters. The summed E-state index contributed by atoms with van der Waals surface area (Å²) in [6.07, 6.45) is 7.30. The normalized spacial score (nSPS) is 27.7. The van der Waals surface area contributed by atoms with Crippen LogP contribution in [0.2, 0.25) is 0 Å². The molecular weight excluding hydrogens is 294 g/mol. The minimum atomic E-state index is -0.168. The van der Waals surface area contributed by atoms with Gasteiger partial charge in [-0.3, -0.25) is 14.6 Å². The first-order valence-electron chi connectivity index (χ1n) is 8.14. The van der Waals surface area contributed by atoms with Crippen LogP contribution in [-0.4, -0.2) is 34.3 Å². The predicted octanol–water partition coefficient (Wildman–Crippen LogP) is 1.96. The lowest BCUT2D eigenvalue weighted by atomic mass is 9.82. The Morgan fingerprint density at radius 1 is 1.35 bits per heavy atom. The lowest BCUT2D eigenvalue weighted by molar-refractivity contribution is -0.183. The van der Waals surface area contributed by atoms with E-state index in [0.29, 0.717) is 24.5 Å². The zero-order valence-corrected chi connectivity index (χ0v) is 13.0. The van der Waals surface area contributed by atoms with Crippen LogP contribution in [0.1, 0.15) is 49.3 Å². The van der Waals surface area contributed by atoms with Crippen molar-refractivity contribution in [2.75, 3.05) is 13.2 Å². The standard InChI is InChI=1S/C17H21N3O3/c18-8-13-7-15(10-19-9-13)16-5-6-23-20(16)17(22)14-3-1-12(11-21)2-4-14/h7,9-10,12,14,16,21H,1-6,11H2/t12-,14-,16-/m0/s1. The molecule has 6 heteroatoms. The third kappa shape index (κ3) is 3.36. The number of aliphatic hydroxyl groups is 1. The van der Waals surface area contributed by atoms with E-state index in [-0.39, 0.29) is 24.5 Å². The van der Waals surface area contributed by atoms with Crippen LogP contribution in [0.25, 0.3) is 0 Å². The Morgan fingerprint density at radius 2 is 2.13 bits per heavy atom. The monoisotopic (exact) mass is 315 g/mol. The van der Waals surface area contributed by atoms with E-state index in [1.165, 1.54) is 11.3 Å². The van der Waals surface area contributed by atoms with Crippen molar-refractivity contribution in [1.82, 2.24) is 10.0 Å². The van der Waals surface area contributed by atoms with Crippen LogP contribution in [0.5, 0.6) is 0 Å². The molecule has 2 fully saturated rings. The summed E-state index contributed by atoms with van der Waals surface area (Å²) in [5, 5.41) is 19.7. The summed E-state index contributed by atoms with van der Waals surface area (Å²) in [6, 6.07) is 3.68. The van der Waals surface area contributed by atoms with E-state index in [4.69, 9.17) is 10.1 Å². The first-order chi connectivity index (χ1) is 11.2. The molecule has 1 N–H and O–H groups in total. The van der Waals surface area contributed by atoms with Gasteiger partial charge in [-0.1, -0.05) is 0 Å². The third-order valence-electron chi connectivity index (χ3n) is 4.85. The largest absolute Gasteiger partial charge is 0.396 e. The van der Waals surface area contributed by atoms with Crippen molar-refractivity contribution in [3.63, 3.8) is 0 Å². The Kier molecular flexibility index (Phi) is 4.89. The average molecular weight is 315 g/mol. The maximum Gasteiger partial charge on any atom is 0.249 e. The Bertz CT molecular complexity index is 605. The second-order valence-corrected chi connectivity index (χ2v) is 6.32. The van der Waals surface area contributed by atoms with Gasteiger partial charge in [-0.15, -0.1) is 0 Å². The number of carbonyl (C=O) groups is 1. The average Bonchev–Trinajstić information content (AvgIpc) is 3.11. The number of rotatable bonds is 3. The van der Waals surface area contributed by atoms with Gasteiger partial charge in [0.05, 0.1) is 18.2 Å². The van der Waals surface area contributed by atoms with Crippen LogP contribution >= 0.6 is 0 Å². The van der Waals surface area contributed by atoms with Gasteiger partial charge in [-0.25, -0.2) is 5.06 Å². The summed E-state index contributed by atoms with van der Waals surface area (Å²) in [4.78, 5) is 22.5. The molecule has 122 valence electrons. The number of amides is 1. The molecule has 1 aromatic heterocycles. The Labute approximate surface area is 135 Å². The van der Waals surface area contributed by atoms with Crippen molar-refractivity contribution in [1.29, 1.82) is 5.26 Å². The number of nitrogens with zero attached hydrogens (tertiary/aromatic N) is 3. The van der Waals surface area contributed by atoms with Crippen LogP contribution < -0.4 is 0 Å². The van der Waals surface area contributed by atoms with Gasteiger partial charge < -0.3 is 5.11 Å². The van der Waals surface area contributed by atoms with E-state index < -0.39 is 0 Å². The molecule has 6 nitrogen and oxygen atoms in total. The molecule has 2 aliphatic rings. The van der Waals surface area contributed by atoms with E-state index >= 15 is 0 Å². The maximum atomic E-state index is 12.8. The number of hydroxylamine groups is 2. The van der Waals surface area contributed by atoms with E-state index in [1.54, 1.807) is 12.3 Å². The molecule has 1 aromatic rings. The molecule has 1 atom stereocenters. The third-order valence-corrected chi connectivity index (χ3v) is 4.85. The fraction of sp³-hybridized carbons (Fsp3) is 0.588. The molecule has 3 rings (SSSR count). The lowest BCUT2D eigenvalue weighted by Gasteiger charge is -2.31. The summed E-state index contributed by atoms with van der Waals surface area (Å²) >= 11 is 0. The molecule has 1 aliphatic heterocycles. The van der Waals surface area contributed by atoms with Crippen molar-refractivity contribution in [2.24, 2.45) is 11.8 Å². The predicted molar refractivity (Wildman–Crippen MR) is 81.6 cm³/mol. The maximum absolute atomic E-state index is 12.8. The zero-order valence-electron chi connectivity index (χ0n) is 13.0. The molecule has 0 radical (unpaired) electrons. The highest BCUT2D eigenvalue weighted by Gasteiger charge is 2.37. The molecular formula is C17H21N3O3. The summed E-state index contributed by atoms with van der Waals surface area (Å²) < 4.78 is 0. The summed E-state index contributed by atoms with van der Waals surface area (Å²) in [6.45, 7) is 0.704. The van der Waals surface area contributed by atoms with E-state index in [9.17, 15) is 9.90 Å². The first-order valence-corrected chi connectivity index (χ1v) is 8.14. The van der Waals surface area contributed by atoms with Crippen LogP contribution in [0.4, 0.5) is 0 Å². The van der Waals surface area contributed by atoms with Crippen molar-refractivity contribution >= 4 is 5.91 Å². The molecule has 2 heterocycles. The topological polar surface area (TPSA) is 86.5 Å². The van der Waals surface area contributed by atoms with Crippen LogP contribution in [0.3, 0.4) is 0 Å². The van der Waals surface area contributed by atoms with Gasteiger partial charge in [0.2, 0.25) is 5.91 Å². The number of nitriles is 1. The van der Waals surface area contributed by atoms with Gasteiger partial charge in [-0.2, -0.15) is 5.26 Å². The highest BCUT2D eigenvalue weighted by Crippen LogP contribution is 2.36. The van der Waals surface area contributed by atoms with E-state index in [0.717, 1.165) is 31.2 Å². The minimum absolute atomic E-state index is 0.0197. The number of hydrogen-bond acceptors (Lipinski definition) is 5. The quantitative estimate of drug-likeness (QED) is 0.921. The molecule has 1 saturated carbocycles. The Balaban J connectivity index is 1.71. The van der Waals surface area contributed by atoms with Crippen molar-refractivity contribution in [3.05, 3.63) is 29.6 Å². The van der Waals surface area contributed by atoms with Crippen molar-refractivity contribution in [2.45, 2.75) is 38.1 Å². The van der Waals surface area contributed by atoms with Crippen LogP contribution in [0.15, 0.2) is 18.5 Å². The van der Waals surface area contributed by atoms with Crippen molar-refractivity contribution in [3.8, 4) is 6.07 Å². The Hall–Kier alpha value is -1.97. The number of aromatic nitrogens is 1. The van der Waals surface area contributed by atoms with Crippen LogP contribution in [0, 0.1) is 23.2 Å². The smallest absolute Gasteiger partial charge is 0.249 e. The summed E-state index contributed by atoms with van der Waals surface area (Å²) in [5.41, 5.74) is 1.34.